The Hall–Kier alpha value is -1.54. The lowest BCUT2D eigenvalue weighted by Gasteiger charge is -2.30. The molecule has 0 radical (unpaired) electrons. The van der Waals surface area contributed by atoms with Crippen LogP contribution in [0, 0.1) is 5.41 Å². The van der Waals surface area contributed by atoms with Gasteiger partial charge in [0.1, 0.15) is 4.75 Å². The van der Waals surface area contributed by atoms with E-state index in [4.69, 9.17) is 10.5 Å². The Balaban J connectivity index is 2.03. The predicted molar refractivity (Wildman–Crippen MR) is 84.8 cm³/mol. The first-order valence-corrected chi connectivity index (χ1v) is 8.38. The topological polar surface area (TPSA) is 105 Å². The van der Waals surface area contributed by atoms with Gasteiger partial charge in [0.05, 0.1) is 17.8 Å². The van der Waals surface area contributed by atoms with Gasteiger partial charge in [-0.15, -0.1) is 0 Å². The second-order valence-electron chi connectivity index (χ2n) is 6.42. The maximum atomic E-state index is 12.2. The fourth-order valence-corrected chi connectivity index (χ4v) is 3.32. The van der Waals surface area contributed by atoms with Crippen LogP contribution in [0.4, 0.5) is 4.79 Å². The van der Waals surface area contributed by atoms with Crippen molar-refractivity contribution >= 4 is 22.3 Å². The van der Waals surface area contributed by atoms with Crippen molar-refractivity contribution in [1.29, 1.82) is 5.41 Å². The van der Waals surface area contributed by atoms with Crippen LogP contribution in [-0.4, -0.2) is 53.3 Å². The highest BCUT2D eigenvalue weighted by molar-refractivity contribution is 8.07. The van der Waals surface area contributed by atoms with Crippen molar-refractivity contribution in [1.82, 2.24) is 14.7 Å². The van der Waals surface area contributed by atoms with Gasteiger partial charge in [-0.05, 0) is 33.6 Å². The summed E-state index contributed by atoms with van der Waals surface area (Å²) in [6.45, 7) is 6.48. The molecular formula is C14H22N4O3S. The number of carboxylic acid groups (broad SMARTS) is 1. The van der Waals surface area contributed by atoms with E-state index in [2.05, 4.69) is 5.10 Å². The number of carbonyl (C=O) groups is 1. The highest BCUT2D eigenvalue weighted by atomic mass is 32.2. The first-order chi connectivity index (χ1) is 10.2. The van der Waals surface area contributed by atoms with Crippen LogP contribution in [0.15, 0.2) is 12.4 Å². The molecule has 1 aliphatic heterocycles. The minimum absolute atomic E-state index is 0.0849. The van der Waals surface area contributed by atoms with E-state index in [-0.39, 0.29) is 11.1 Å². The zero-order valence-electron chi connectivity index (χ0n) is 13.1. The minimum atomic E-state index is -1.39. The van der Waals surface area contributed by atoms with Crippen molar-refractivity contribution in [2.45, 2.75) is 44.4 Å². The van der Waals surface area contributed by atoms with Gasteiger partial charge in [0.2, 0.25) is 5.04 Å². The zero-order valence-corrected chi connectivity index (χ0v) is 13.9. The summed E-state index contributed by atoms with van der Waals surface area (Å²) in [6, 6.07) is 0.125. The molecule has 122 valence electrons. The molecule has 1 aromatic heterocycles. The molecule has 2 N–H and O–H groups in total. The van der Waals surface area contributed by atoms with Crippen molar-refractivity contribution in [2.24, 2.45) is 0 Å². The molecule has 8 heteroatoms. The molecule has 1 aliphatic rings. The number of rotatable bonds is 2. The molecule has 1 unspecified atom stereocenters. The van der Waals surface area contributed by atoms with Crippen LogP contribution >= 0.6 is 0 Å². The number of aromatic nitrogens is 2. The summed E-state index contributed by atoms with van der Waals surface area (Å²) in [5.74, 6) is 0. The molecule has 0 bridgehead atoms. The van der Waals surface area contributed by atoms with E-state index < -0.39 is 22.0 Å². The molecule has 1 atom stereocenters. The number of amides is 1. The van der Waals surface area contributed by atoms with Gasteiger partial charge in [-0.2, -0.15) is 5.10 Å². The van der Waals surface area contributed by atoms with Crippen LogP contribution < -0.4 is 0 Å². The summed E-state index contributed by atoms with van der Waals surface area (Å²) < 4.78 is 13.5. The standard InChI is InChI=1S/C14H22N4O3S/c1-14(2,3)22(21)12(15)10-8-16-18(9-10)11-4-6-17(7-5-11)13(19)20/h8-9,11,15H,4-7H2,1-3H3,(H,19,20). The molecule has 0 spiro atoms. The molecule has 1 aromatic rings. The summed E-state index contributed by atoms with van der Waals surface area (Å²) in [7, 11) is 0. The zero-order chi connectivity index (χ0) is 16.5. The number of nitrogens with one attached hydrogen (secondary N) is 1. The molecule has 0 aliphatic carbocycles. The van der Waals surface area contributed by atoms with Gasteiger partial charge in [-0.3, -0.25) is 10.1 Å². The normalized spacial score (nSPS) is 18.3. The molecule has 0 aromatic carbocycles. The van der Waals surface area contributed by atoms with Crippen molar-refractivity contribution in [2.75, 3.05) is 13.1 Å². The van der Waals surface area contributed by atoms with E-state index in [0.717, 1.165) is 0 Å². The number of piperidine rings is 1. The van der Waals surface area contributed by atoms with E-state index in [1.54, 1.807) is 17.1 Å². The monoisotopic (exact) mass is 326 g/mol. The molecule has 7 nitrogen and oxygen atoms in total. The lowest BCUT2D eigenvalue weighted by atomic mass is 10.1. The van der Waals surface area contributed by atoms with Crippen molar-refractivity contribution in [3.63, 3.8) is 0 Å². The Bertz CT molecular complexity index is 559. The quantitative estimate of drug-likeness (QED) is 0.493. The first-order valence-electron chi connectivity index (χ1n) is 7.23. The highest BCUT2D eigenvalue weighted by Gasteiger charge is 2.33. The fourth-order valence-electron chi connectivity index (χ4n) is 2.39. The van der Waals surface area contributed by atoms with Crippen molar-refractivity contribution < 1.29 is 14.5 Å². The maximum Gasteiger partial charge on any atom is 0.407 e. The van der Waals surface area contributed by atoms with Gasteiger partial charge < -0.3 is 14.6 Å². The maximum absolute atomic E-state index is 12.2. The number of hydrogen-bond acceptors (Lipinski definition) is 4. The van der Waals surface area contributed by atoms with E-state index in [0.29, 0.717) is 31.5 Å². The second-order valence-corrected chi connectivity index (χ2v) is 8.59. The first kappa shape index (κ1) is 16.8. The Labute approximate surface area is 133 Å². The molecule has 1 amide bonds. The molecule has 0 saturated carbocycles. The van der Waals surface area contributed by atoms with E-state index in [1.165, 1.54) is 4.90 Å². The van der Waals surface area contributed by atoms with Crippen molar-refractivity contribution in [3.05, 3.63) is 18.0 Å². The summed E-state index contributed by atoms with van der Waals surface area (Å²) in [5, 5.41) is 21.4. The SMILES string of the molecule is CC(C)(C)[S+]([O-])C(=N)c1cnn(C2CCN(C(=O)O)CC2)c1. The van der Waals surface area contributed by atoms with Crippen molar-refractivity contribution in [3.8, 4) is 0 Å². The average molecular weight is 326 g/mol. The number of nitrogens with zero attached hydrogens (tertiary/aromatic N) is 3. The Kier molecular flexibility index (Phi) is 4.81. The fraction of sp³-hybridized carbons (Fsp3) is 0.643. The van der Waals surface area contributed by atoms with Gasteiger partial charge in [-0.25, -0.2) is 4.79 Å². The molecule has 2 rings (SSSR count). The van der Waals surface area contributed by atoms with Gasteiger partial charge in [0, 0.05) is 30.5 Å². The van der Waals surface area contributed by atoms with Crippen LogP contribution in [-0.2, 0) is 11.2 Å². The third kappa shape index (κ3) is 3.61. The van der Waals surface area contributed by atoms with E-state index in [1.807, 2.05) is 20.8 Å². The van der Waals surface area contributed by atoms with Crippen LogP contribution in [0.1, 0.15) is 45.2 Å². The van der Waals surface area contributed by atoms with E-state index >= 15 is 0 Å². The van der Waals surface area contributed by atoms with Gasteiger partial charge in [0.15, 0.2) is 0 Å². The Morgan fingerprint density at radius 3 is 2.55 bits per heavy atom. The molecule has 22 heavy (non-hydrogen) atoms. The molecular weight excluding hydrogens is 304 g/mol. The third-order valence-corrected chi connectivity index (χ3v) is 5.43. The van der Waals surface area contributed by atoms with Gasteiger partial charge in [-0.1, -0.05) is 0 Å². The van der Waals surface area contributed by atoms with Gasteiger partial charge in [0.25, 0.3) is 0 Å². The van der Waals surface area contributed by atoms with Crippen LogP contribution in [0.2, 0.25) is 0 Å². The molecule has 2 heterocycles. The Morgan fingerprint density at radius 1 is 1.45 bits per heavy atom. The average Bonchev–Trinajstić information content (AvgIpc) is 2.94. The summed E-state index contributed by atoms with van der Waals surface area (Å²) in [5.41, 5.74) is 0.564. The highest BCUT2D eigenvalue weighted by Crippen LogP contribution is 2.24. The van der Waals surface area contributed by atoms with Crippen LogP contribution in [0.3, 0.4) is 0 Å². The summed E-state index contributed by atoms with van der Waals surface area (Å²) in [6.07, 6.45) is 3.82. The summed E-state index contributed by atoms with van der Waals surface area (Å²) >= 11 is -1.39. The smallest absolute Gasteiger partial charge is 0.407 e. The van der Waals surface area contributed by atoms with Crippen LogP contribution in [0.25, 0.3) is 0 Å². The lowest BCUT2D eigenvalue weighted by Crippen LogP contribution is -2.38. The predicted octanol–water partition coefficient (Wildman–Crippen LogP) is 2.07. The van der Waals surface area contributed by atoms with Crippen LogP contribution in [0.5, 0.6) is 0 Å². The molecule has 1 fully saturated rings. The largest absolute Gasteiger partial charge is 0.610 e. The molecule has 1 saturated heterocycles. The van der Waals surface area contributed by atoms with Gasteiger partial charge >= 0.3 is 6.09 Å². The second kappa shape index (κ2) is 6.29. The minimum Gasteiger partial charge on any atom is -0.610 e. The number of hydrogen-bond donors (Lipinski definition) is 2. The number of likely N-dealkylation sites (tertiary alicyclic amines) is 1. The summed E-state index contributed by atoms with van der Waals surface area (Å²) in [4.78, 5) is 12.3. The lowest BCUT2D eigenvalue weighted by molar-refractivity contribution is 0.124. The third-order valence-electron chi connectivity index (χ3n) is 3.71. The Morgan fingerprint density at radius 2 is 2.05 bits per heavy atom. The van der Waals surface area contributed by atoms with E-state index in [9.17, 15) is 9.35 Å².